The second-order valence-electron chi connectivity index (χ2n) is 4.07. The molecule has 0 aromatic rings. The summed E-state index contributed by atoms with van der Waals surface area (Å²) in [5.41, 5.74) is 0. The molecule has 0 radical (unpaired) electrons. The normalized spacial score (nSPS) is 13.9. The molecule has 0 saturated carbocycles. The van der Waals surface area contributed by atoms with Gasteiger partial charge in [-0.1, -0.05) is 0 Å². The predicted molar refractivity (Wildman–Crippen MR) is 72.0 cm³/mol. The molecule has 0 atom stereocenters. The van der Waals surface area contributed by atoms with Gasteiger partial charge in [-0.2, -0.15) is 8.78 Å². The number of alkyl halides is 3. The fourth-order valence-electron chi connectivity index (χ4n) is 1.75. The number of hydrogen-bond acceptors (Lipinski definition) is 3. The summed E-state index contributed by atoms with van der Waals surface area (Å²) in [6.07, 6.45) is 0. The van der Waals surface area contributed by atoms with Crippen LogP contribution in [0, 0.1) is 0 Å². The smallest absolute Gasteiger partial charge is 0.418 e. The van der Waals surface area contributed by atoms with Gasteiger partial charge in [0.1, 0.15) is 0 Å². The van der Waals surface area contributed by atoms with Gasteiger partial charge in [0.05, 0.1) is 0 Å². The highest BCUT2D eigenvalue weighted by Crippen LogP contribution is 2.76. The van der Waals surface area contributed by atoms with E-state index in [1.165, 1.54) is 0 Å². The number of hydrogen-bond donors (Lipinski definition) is 0. The van der Waals surface area contributed by atoms with Crippen LogP contribution in [0.2, 0.25) is 0 Å². The molecule has 19 heavy (non-hydrogen) atoms. The number of halogens is 7. The molecule has 3 nitrogen and oxygen atoms in total. The Morgan fingerprint density at radius 2 is 0.947 bits per heavy atom. The maximum Gasteiger partial charge on any atom is 0.673 e. The average molecular weight is 380 g/mol. The first-order chi connectivity index (χ1) is 8.08. The van der Waals surface area contributed by atoms with Crippen LogP contribution < -0.4 is 0 Å². The van der Waals surface area contributed by atoms with Crippen LogP contribution in [-0.2, 0) is 0 Å². The SMILES string of the molecule is CN(C)[P+](N(C)C)(N(C)C)C(F)(F)Br.F[B-](F)(F)F. The molecule has 0 N–H and O–H groups in total. The van der Waals surface area contributed by atoms with Crippen molar-refractivity contribution in [1.82, 2.24) is 14.0 Å². The van der Waals surface area contributed by atoms with E-state index in [0.29, 0.717) is 0 Å². The first-order valence-electron chi connectivity index (χ1n) is 4.95. The number of nitrogens with zero attached hydrogens (tertiary/aromatic N) is 3. The Bertz CT molecular complexity index is 243. The molecular weight excluding hydrogens is 362 g/mol. The van der Waals surface area contributed by atoms with Crippen molar-refractivity contribution in [3.05, 3.63) is 0 Å². The predicted octanol–water partition coefficient (Wildman–Crippen LogP) is 3.68. The molecule has 0 fully saturated rings. The second kappa shape index (κ2) is 7.45. The van der Waals surface area contributed by atoms with Crippen molar-refractivity contribution in [3.8, 4) is 0 Å². The van der Waals surface area contributed by atoms with Gasteiger partial charge in [0.2, 0.25) is 0 Å². The molecule has 0 amide bonds. The highest BCUT2D eigenvalue weighted by Gasteiger charge is 2.67. The first-order valence-corrected chi connectivity index (χ1v) is 7.39. The summed E-state index contributed by atoms with van der Waals surface area (Å²) in [7, 11) is 1.21. The van der Waals surface area contributed by atoms with E-state index in [4.69, 9.17) is 0 Å². The molecular formula is C7H18BBrF6N3P. The average Bonchev–Trinajstić information content (AvgIpc) is 1.93. The minimum absolute atomic E-state index is 1.59. The van der Waals surface area contributed by atoms with Crippen molar-refractivity contribution in [2.24, 2.45) is 0 Å². The minimum Gasteiger partial charge on any atom is -0.418 e. The minimum atomic E-state index is -6.00. The fraction of sp³-hybridized carbons (Fsp3) is 1.00. The molecule has 118 valence electrons. The van der Waals surface area contributed by atoms with E-state index >= 15 is 0 Å². The molecule has 0 unspecified atom stereocenters. The van der Waals surface area contributed by atoms with Crippen molar-refractivity contribution >= 4 is 30.9 Å². The third kappa shape index (κ3) is 6.62. The van der Waals surface area contributed by atoms with E-state index in [1.807, 2.05) is 0 Å². The third-order valence-electron chi connectivity index (χ3n) is 2.01. The monoisotopic (exact) mass is 379 g/mol. The van der Waals surface area contributed by atoms with Crippen LogP contribution in [0.4, 0.5) is 26.0 Å². The summed E-state index contributed by atoms with van der Waals surface area (Å²) in [5.74, 6) is 0. The molecule has 0 aliphatic heterocycles. The van der Waals surface area contributed by atoms with Crippen LogP contribution in [0.15, 0.2) is 0 Å². The van der Waals surface area contributed by atoms with Crippen LogP contribution in [0.5, 0.6) is 0 Å². The molecule has 0 aliphatic rings. The highest BCUT2D eigenvalue weighted by atomic mass is 79.9. The molecule has 0 rings (SSSR count). The summed E-state index contributed by atoms with van der Waals surface area (Å²) < 4.78 is 68.1. The molecule has 0 aromatic carbocycles. The molecule has 0 saturated heterocycles. The van der Waals surface area contributed by atoms with Crippen LogP contribution in [0.3, 0.4) is 0 Å². The quantitative estimate of drug-likeness (QED) is 0.319. The third-order valence-corrected chi connectivity index (χ3v) is 7.47. The summed E-state index contributed by atoms with van der Waals surface area (Å²) in [5, 5.41) is 0. The van der Waals surface area contributed by atoms with Gasteiger partial charge in [0, 0.05) is 58.2 Å². The van der Waals surface area contributed by atoms with Crippen LogP contribution in [0.1, 0.15) is 0 Å². The van der Waals surface area contributed by atoms with Gasteiger partial charge in [-0.05, 0) is 0 Å². The molecule has 0 bridgehead atoms. The van der Waals surface area contributed by atoms with Gasteiger partial charge < -0.3 is 17.3 Å². The van der Waals surface area contributed by atoms with Gasteiger partial charge in [-0.3, -0.25) is 0 Å². The lowest BCUT2D eigenvalue weighted by molar-refractivity contribution is 0.176. The van der Waals surface area contributed by atoms with Crippen molar-refractivity contribution in [1.29, 1.82) is 0 Å². The summed E-state index contributed by atoms with van der Waals surface area (Å²) in [6, 6.07) is 0. The Morgan fingerprint density at radius 1 is 0.789 bits per heavy atom. The highest BCUT2D eigenvalue weighted by molar-refractivity contribution is 9.11. The largest absolute Gasteiger partial charge is 0.673 e. The summed E-state index contributed by atoms with van der Waals surface area (Å²) in [6.45, 7) is 0. The van der Waals surface area contributed by atoms with Crippen LogP contribution in [0.25, 0.3) is 0 Å². The van der Waals surface area contributed by atoms with Crippen molar-refractivity contribution in [2.45, 2.75) is 4.57 Å². The van der Waals surface area contributed by atoms with E-state index in [0.717, 1.165) is 0 Å². The van der Waals surface area contributed by atoms with Crippen LogP contribution >= 0.6 is 23.6 Å². The van der Waals surface area contributed by atoms with Crippen molar-refractivity contribution < 1.29 is 26.0 Å². The van der Waals surface area contributed by atoms with Gasteiger partial charge >= 0.3 is 19.5 Å². The Morgan fingerprint density at radius 3 is 0.947 bits per heavy atom. The second-order valence-corrected chi connectivity index (χ2v) is 9.78. The van der Waals surface area contributed by atoms with Crippen molar-refractivity contribution in [3.63, 3.8) is 0 Å². The molecule has 0 heterocycles. The standard InChI is InChI=1S/C7H18BrF2N3P.BF4/c1-11(2)14(12(3)4,13(5)6)7(8,9)10;2-1(3,4)5/h1-6H3;/q+1;-1. The van der Waals surface area contributed by atoms with E-state index in [9.17, 15) is 26.0 Å². The van der Waals surface area contributed by atoms with E-state index < -0.39 is 19.5 Å². The molecule has 0 spiro atoms. The van der Waals surface area contributed by atoms with E-state index in [1.54, 1.807) is 56.3 Å². The Kier molecular flexibility index (Phi) is 8.51. The summed E-state index contributed by atoms with van der Waals surface area (Å²) >= 11 is 2.50. The molecule has 0 aliphatic carbocycles. The van der Waals surface area contributed by atoms with E-state index in [2.05, 4.69) is 15.9 Å². The van der Waals surface area contributed by atoms with Gasteiger partial charge in [-0.15, -0.1) is 14.0 Å². The van der Waals surface area contributed by atoms with E-state index in [-0.39, 0.29) is 0 Å². The van der Waals surface area contributed by atoms with Crippen LogP contribution in [-0.4, -0.2) is 68.1 Å². The lowest BCUT2D eigenvalue weighted by atomic mass is 10.3. The maximum atomic E-state index is 13.6. The Labute approximate surface area is 118 Å². The van der Waals surface area contributed by atoms with Gasteiger partial charge in [-0.25, -0.2) is 0 Å². The summed E-state index contributed by atoms with van der Waals surface area (Å²) in [4.78, 5) is 0. The number of rotatable bonds is 4. The maximum absolute atomic E-state index is 13.6. The topological polar surface area (TPSA) is 9.72 Å². The molecule has 12 heteroatoms. The lowest BCUT2D eigenvalue weighted by Crippen LogP contribution is -2.43. The van der Waals surface area contributed by atoms with Crippen molar-refractivity contribution in [2.75, 3.05) is 42.3 Å². The molecule has 0 aromatic heterocycles. The Balaban J connectivity index is 0. The lowest BCUT2D eigenvalue weighted by Gasteiger charge is -2.41. The fourth-order valence-corrected chi connectivity index (χ4v) is 8.12. The van der Waals surface area contributed by atoms with Gasteiger partial charge in [0.15, 0.2) is 0 Å². The zero-order chi connectivity index (χ0) is 16.2. The zero-order valence-electron chi connectivity index (χ0n) is 11.5. The Hall–Kier alpha value is 0.435. The first kappa shape index (κ1) is 21.7. The van der Waals surface area contributed by atoms with Gasteiger partial charge in [0.25, 0.3) is 0 Å². The zero-order valence-corrected chi connectivity index (χ0v) is 14.0.